The molecule has 2 atom stereocenters. The third-order valence-electron chi connectivity index (χ3n) is 6.55. The van der Waals surface area contributed by atoms with Crippen LogP contribution in [0.1, 0.15) is 50.5 Å². The van der Waals surface area contributed by atoms with Crippen LogP contribution in [0.25, 0.3) is 0 Å². The van der Waals surface area contributed by atoms with Gasteiger partial charge in [-0.1, -0.05) is 12.8 Å². The molecular weight excluding hydrogens is 368 g/mol. The highest BCUT2D eigenvalue weighted by molar-refractivity contribution is 5.76. The van der Waals surface area contributed by atoms with E-state index in [1.54, 1.807) is 21.3 Å². The summed E-state index contributed by atoms with van der Waals surface area (Å²) in [5, 5.41) is 0. The average molecular weight is 405 g/mol. The number of likely N-dealkylation sites (tertiary alicyclic amines) is 1. The molecule has 1 aromatic rings. The van der Waals surface area contributed by atoms with E-state index in [1.807, 2.05) is 24.1 Å². The number of rotatable bonds is 8. The highest BCUT2D eigenvalue weighted by atomic mass is 16.5. The van der Waals surface area contributed by atoms with Crippen molar-refractivity contribution in [3.63, 3.8) is 0 Å². The largest absolute Gasteiger partial charge is 0.493 e. The van der Waals surface area contributed by atoms with Crippen molar-refractivity contribution < 1.29 is 19.0 Å². The maximum atomic E-state index is 13.0. The quantitative estimate of drug-likeness (QED) is 0.664. The fraction of sp³-hybridized carbons (Fsp3) is 0.696. The van der Waals surface area contributed by atoms with Gasteiger partial charge in [0.1, 0.15) is 0 Å². The number of hydrogen-bond donors (Lipinski definition) is 0. The van der Waals surface area contributed by atoms with Crippen molar-refractivity contribution in [1.82, 2.24) is 9.80 Å². The van der Waals surface area contributed by atoms with Gasteiger partial charge in [0.05, 0.1) is 21.3 Å². The zero-order valence-corrected chi connectivity index (χ0v) is 18.4. The van der Waals surface area contributed by atoms with Crippen LogP contribution >= 0.6 is 0 Å². The van der Waals surface area contributed by atoms with Gasteiger partial charge < -0.3 is 19.1 Å². The molecule has 162 valence electrons. The van der Waals surface area contributed by atoms with Crippen LogP contribution in [0, 0.1) is 0 Å². The SMILES string of the molecule is COc1cc(CCC(=O)N(C)[C@@H]2CCCC[C@@H]2N2CCCC2)cc(OC)c1OC. The van der Waals surface area contributed by atoms with Crippen LogP contribution in [0.15, 0.2) is 12.1 Å². The molecule has 0 unspecified atom stereocenters. The fourth-order valence-corrected chi connectivity index (χ4v) is 4.93. The van der Waals surface area contributed by atoms with Crippen LogP contribution < -0.4 is 14.2 Å². The highest BCUT2D eigenvalue weighted by Crippen LogP contribution is 2.38. The first-order valence-electron chi connectivity index (χ1n) is 10.9. The second kappa shape index (κ2) is 10.2. The van der Waals surface area contributed by atoms with Crippen molar-refractivity contribution in [2.24, 2.45) is 0 Å². The lowest BCUT2D eigenvalue weighted by Crippen LogP contribution is -2.53. The third-order valence-corrected chi connectivity index (χ3v) is 6.55. The number of nitrogens with zero attached hydrogens (tertiary/aromatic N) is 2. The van der Waals surface area contributed by atoms with Crippen LogP contribution in [0.3, 0.4) is 0 Å². The molecule has 1 saturated heterocycles. The Hall–Kier alpha value is -1.95. The molecule has 6 nitrogen and oxygen atoms in total. The Morgan fingerprint density at radius 1 is 1.00 bits per heavy atom. The fourth-order valence-electron chi connectivity index (χ4n) is 4.93. The van der Waals surface area contributed by atoms with Crippen molar-refractivity contribution in [3.05, 3.63) is 17.7 Å². The molecular formula is C23H36N2O4. The number of methoxy groups -OCH3 is 3. The summed E-state index contributed by atoms with van der Waals surface area (Å²) in [6.07, 6.45) is 8.57. The summed E-state index contributed by atoms with van der Waals surface area (Å²) in [4.78, 5) is 17.7. The summed E-state index contributed by atoms with van der Waals surface area (Å²) in [6.45, 7) is 2.38. The minimum Gasteiger partial charge on any atom is -0.493 e. The number of amides is 1. The summed E-state index contributed by atoms with van der Waals surface area (Å²) in [6, 6.07) is 4.74. The van der Waals surface area contributed by atoms with Crippen molar-refractivity contribution in [3.8, 4) is 17.2 Å². The normalized spacial score (nSPS) is 22.3. The van der Waals surface area contributed by atoms with E-state index >= 15 is 0 Å². The molecule has 1 aliphatic heterocycles. The van der Waals surface area contributed by atoms with Crippen molar-refractivity contribution in [2.75, 3.05) is 41.5 Å². The summed E-state index contributed by atoms with van der Waals surface area (Å²) >= 11 is 0. The minimum atomic E-state index is 0.217. The van der Waals surface area contributed by atoms with Crippen LogP contribution in [-0.2, 0) is 11.2 Å². The first-order valence-corrected chi connectivity index (χ1v) is 10.9. The molecule has 0 radical (unpaired) electrons. The van der Waals surface area contributed by atoms with Gasteiger partial charge in [-0.25, -0.2) is 0 Å². The van der Waals surface area contributed by atoms with Gasteiger partial charge in [-0.2, -0.15) is 0 Å². The Morgan fingerprint density at radius 2 is 1.62 bits per heavy atom. The van der Waals surface area contributed by atoms with E-state index in [4.69, 9.17) is 14.2 Å². The lowest BCUT2D eigenvalue weighted by Gasteiger charge is -2.42. The number of carbonyl (C=O) groups excluding carboxylic acids is 1. The molecule has 1 heterocycles. The number of hydrogen-bond acceptors (Lipinski definition) is 5. The third kappa shape index (κ3) is 4.97. The standard InChI is InChI=1S/C23H36N2O4/c1-24(18-9-5-6-10-19(18)25-13-7-8-14-25)22(26)12-11-17-15-20(27-2)23(29-4)21(16-17)28-3/h15-16,18-19H,5-14H2,1-4H3/t18-,19+/m1/s1. The second-order valence-electron chi connectivity index (χ2n) is 8.20. The number of aryl methyl sites for hydroxylation is 1. The van der Waals surface area contributed by atoms with Gasteiger partial charge in [0.25, 0.3) is 0 Å². The van der Waals surface area contributed by atoms with E-state index in [1.165, 1.54) is 45.2 Å². The molecule has 2 fully saturated rings. The van der Waals surface area contributed by atoms with E-state index in [2.05, 4.69) is 4.90 Å². The highest BCUT2D eigenvalue weighted by Gasteiger charge is 2.35. The Labute approximate surface area is 175 Å². The summed E-state index contributed by atoms with van der Waals surface area (Å²) in [5.41, 5.74) is 1.01. The number of ether oxygens (including phenoxy) is 3. The van der Waals surface area contributed by atoms with Crippen LogP contribution in [-0.4, -0.2) is 69.3 Å². The molecule has 0 spiro atoms. The second-order valence-corrected chi connectivity index (χ2v) is 8.20. The Kier molecular flexibility index (Phi) is 7.64. The maximum absolute atomic E-state index is 13.0. The molecule has 1 aliphatic carbocycles. The molecule has 1 amide bonds. The molecule has 2 aliphatic rings. The maximum Gasteiger partial charge on any atom is 0.222 e. The minimum absolute atomic E-state index is 0.217. The first kappa shape index (κ1) is 21.8. The summed E-state index contributed by atoms with van der Waals surface area (Å²) in [5.74, 6) is 2.06. The van der Waals surface area contributed by atoms with Crippen LogP contribution in [0.4, 0.5) is 0 Å². The monoisotopic (exact) mass is 404 g/mol. The zero-order valence-electron chi connectivity index (χ0n) is 18.4. The molecule has 3 rings (SSSR count). The van der Waals surface area contributed by atoms with Gasteiger partial charge in [-0.15, -0.1) is 0 Å². The van der Waals surface area contributed by atoms with Gasteiger partial charge in [0.2, 0.25) is 11.7 Å². The molecule has 6 heteroatoms. The summed E-state index contributed by atoms with van der Waals surface area (Å²) in [7, 11) is 6.82. The van der Waals surface area contributed by atoms with E-state index in [-0.39, 0.29) is 5.91 Å². The molecule has 1 aromatic carbocycles. The predicted octanol–water partition coefficient (Wildman–Crippen LogP) is 3.51. The lowest BCUT2D eigenvalue weighted by molar-refractivity contribution is -0.134. The lowest BCUT2D eigenvalue weighted by atomic mass is 9.88. The van der Waals surface area contributed by atoms with Crippen LogP contribution in [0.5, 0.6) is 17.2 Å². The predicted molar refractivity (Wildman–Crippen MR) is 114 cm³/mol. The van der Waals surface area contributed by atoms with E-state index in [0.717, 1.165) is 12.0 Å². The van der Waals surface area contributed by atoms with Crippen molar-refractivity contribution in [1.29, 1.82) is 0 Å². The van der Waals surface area contributed by atoms with Gasteiger partial charge in [-0.05, 0) is 62.9 Å². The number of carbonyl (C=O) groups is 1. The van der Waals surface area contributed by atoms with Crippen molar-refractivity contribution in [2.45, 2.75) is 63.5 Å². The Bertz CT molecular complexity index is 662. The average Bonchev–Trinajstić information content (AvgIpc) is 3.30. The molecule has 0 bridgehead atoms. The molecule has 1 saturated carbocycles. The Balaban J connectivity index is 1.65. The van der Waals surface area contributed by atoms with Gasteiger partial charge >= 0.3 is 0 Å². The number of likely N-dealkylation sites (N-methyl/N-ethyl adjacent to an activating group) is 1. The molecule has 0 aromatic heterocycles. The zero-order chi connectivity index (χ0) is 20.8. The Morgan fingerprint density at radius 3 is 2.21 bits per heavy atom. The van der Waals surface area contributed by atoms with E-state index in [9.17, 15) is 4.79 Å². The summed E-state index contributed by atoms with van der Waals surface area (Å²) < 4.78 is 16.3. The van der Waals surface area contributed by atoms with Gasteiger partial charge in [0, 0.05) is 25.6 Å². The van der Waals surface area contributed by atoms with Crippen LogP contribution in [0.2, 0.25) is 0 Å². The number of benzene rings is 1. The smallest absolute Gasteiger partial charge is 0.222 e. The van der Waals surface area contributed by atoms with E-state index in [0.29, 0.717) is 42.2 Å². The molecule has 29 heavy (non-hydrogen) atoms. The van der Waals surface area contributed by atoms with Gasteiger partial charge in [-0.3, -0.25) is 9.69 Å². The first-order chi connectivity index (χ1) is 14.1. The topological polar surface area (TPSA) is 51.2 Å². The molecule has 0 N–H and O–H groups in total. The van der Waals surface area contributed by atoms with Crippen molar-refractivity contribution >= 4 is 5.91 Å². The van der Waals surface area contributed by atoms with E-state index < -0.39 is 0 Å². The van der Waals surface area contributed by atoms with Gasteiger partial charge in [0.15, 0.2) is 11.5 Å².